The molecule has 0 N–H and O–H groups in total. The molecule has 0 aliphatic carbocycles. The van der Waals surface area contributed by atoms with E-state index in [4.69, 9.17) is 13.8 Å². The minimum Gasteiger partial charge on any atom is -0.381 e. The van der Waals surface area contributed by atoms with Crippen LogP contribution in [-0.2, 0) is 4.74 Å². The third-order valence-corrected chi connectivity index (χ3v) is 3.13. The fraction of sp³-hybridized carbons (Fsp3) is 1.00. The predicted octanol–water partition coefficient (Wildman–Crippen LogP) is 2.86. The van der Waals surface area contributed by atoms with E-state index < -0.39 is 0 Å². The van der Waals surface area contributed by atoms with Crippen molar-refractivity contribution in [1.29, 1.82) is 0 Å². The lowest BCUT2D eigenvalue weighted by Gasteiger charge is -1.82. The molecule has 0 unspecified atom stereocenters. The van der Waals surface area contributed by atoms with Crippen LogP contribution in [0.25, 0.3) is 0 Å². The van der Waals surface area contributed by atoms with Crippen LogP contribution in [0.4, 0.5) is 0 Å². The van der Waals surface area contributed by atoms with E-state index in [2.05, 4.69) is 6.92 Å². The molecular formula is C8H17ClMgO. The zero-order valence-corrected chi connectivity index (χ0v) is 9.61. The van der Waals surface area contributed by atoms with E-state index >= 15 is 0 Å². The fourth-order valence-corrected chi connectivity index (χ4v) is 2.11. The summed E-state index contributed by atoms with van der Waals surface area (Å²) >= 11 is -0.125. The molecule has 11 heavy (non-hydrogen) atoms. The second-order valence-electron chi connectivity index (χ2n) is 2.72. The summed E-state index contributed by atoms with van der Waals surface area (Å²) in [5.41, 5.74) is 0. The zero-order chi connectivity index (χ0) is 8.36. The number of halogens is 1. The van der Waals surface area contributed by atoms with Gasteiger partial charge in [0.1, 0.15) is 0 Å². The summed E-state index contributed by atoms with van der Waals surface area (Å²) in [5, 5.41) is 0. The maximum atomic E-state index is 5.52. The third-order valence-electron chi connectivity index (χ3n) is 1.56. The van der Waals surface area contributed by atoms with Crippen LogP contribution in [0, 0.1) is 0 Å². The van der Waals surface area contributed by atoms with E-state index in [1.807, 2.05) is 0 Å². The first-order valence-corrected chi connectivity index (χ1v) is 7.69. The molecule has 0 saturated carbocycles. The molecule has 0 aromatic carbocycles. The molecule has 1 heterocycles. The Bertz CT molecular complexity index is 55.5. The van der Waals surface area contributed by atoms with Gasteiger partial charge in [-0.1, -0.05) is 19.8 Å². The van der Waals surface area contributed by atoms with Crippen molar-refractivity contribution in [3.63, 3.8) is 0 Å². The maximum Gasteiger partial charge on any atom is 0.501 e. The highest BCUT2D eigenvalue weighted by Gasteiger charge is 1.94. The molecule has 3 heteroatoms. The fourth-order valence-electron chi connectivity index (χ4n) is 0.855. The Hall–Kier alpha value is 1.02. The highest BCUT2D eigenvalue weighted by molar-refractivity contribution is 6.93. The molecule has 1 saturated heterocycles. The SMILES string of the molecule is C1CCOC1.CCC[CH2][Mg][Cl]. The summed E-state index contributed by atoms with van der Waals surface area (Å²) in [6, 6.07) is 0. The summed E-state index contributed by atoms with van der Waals surface area (Å²) in [7, 11) is 5.52. The van der Waals surface area contributed by atoms with E-state index in [-0.39, 0.29) is 19.3 Å². The Labute approximate surface area is 83.3 Å². The second-order valence-corrected chi connectivity index (χ2v) is 4.93. The third kappa shape index (κ3) is 11.0. The second kappa shape index (κ2) is 11.0. The number of ether oxygens (including phenoxy) is 1. The summed E-state index contributed by atoms with van der Waals surface area (Å²) in [5.74, 6) is 0. The van der Waals surface area contributed by atoms with Gasteiger partial charge >= 0.3 is 19.3 Å². The van der Waals surface area contributed by atoms with Crippen LogP contribution in [0.15, 0.2) is 0 Å². The Morgan fingerprint density at radius 1 is 1.36 bits per heavy atom. The van der Waals surface area contributed by atoms with Crippen LogP contribution in [-0.4, -0.2) is 32.5 Å². The van der Waals surface area contributed by atoms with Gasteiger partial charge in [0.25, 0.3) is 0 Å². The number of hydrogen-bond acceptors (Lipinski definition) is 1. The molecule has 1 aliphatic rings. The topological polar surface area (TPSA) is 9.23 Å². The lowest BCUT2D eigenvalue weighted by atomic mass is 10.4. The summed E-state index contributed by atoms with van der Waals surface area (Å²) in [6.07, 6.45) is 5.20. The quantitative estimate of drug-likeness (QED) is 0.489. The van der Waals surface area contributed by atoms with E-state index in [1.165, 1.54) is 30.2 Å². The summed E-state index contributed by atoms with van der Waals surface area (Å²) < 4.78 is 6.26. The minimum absolute atomic E-state index is 0.125. The van der Waals surface area contributed by atoms with Gasteiger partial charge in [-0.2, -0.15) is 0 Å². The summed E-state index contributed by atoms with van der Waals surface area (Å²) in [4.78, 5) is 0. The van der Waals surface area contributed by atoms with Crippen molar-refractivity contribution in [2.45, 2.75) is 37.2 Å². The molecular weight excluding hydrogens is 172 g/mol. The molecule has 0 aromatic heterocycles. The Morgan fingerprint density at radius 3 is 2.18 bits per heavy atom. The lowest BCUT2D eigenvalue weighted by Crippen LogP contribution is -1.74. The standard InChI is InChI=1S/C4H8O.C4H9.ClH.Mg/c1-2-4-5-3-1;1-3-4-2;;/h1-4H2;1,3-4H2,2H3;1H;/q;;;+1/p-1. The lowest BCUT2D eigenvalue weighted by molar-refractivity contribution is 0.198. The van der Waals surface area contributed by atoms with Crippen LogP contribution in [0.3, 0.4) is 0 Å². The molecule has 1 nitrogen and oxygen atoms in total. The molecule has 0 atom stereocenters. The molecule has 1 rings (SSSR count). The van der Waals surface area contributed by atoms with Crippen molar-refractivity contribution in [2.75, 3.05) is 13.2 Å². The Kier molecular flexibility index (Phi) is 12.0. The number of hydrogen-bond donors (Lipinski definition) is 0. The van der Waals surface area contributed by atoms with Crippen molar-refractivity contribution in [1.82, 2.24) is 0 Å². The highest BCUT2D eigenvalue weighted by Crippen LogP contribution is 1.98. The average Bonchev–Trinajstić information content (AvgIpc) is 2.57. The highest BCUT2D eigenvalue weighted by atomic mass is 35.5. The molecule has 1 fully saturated rings. The monoisotopic (exact) mass is 188 g/mol. The average molecular weight is 189 g/mol. The van der Waals surface area contributed by atoms with Crippen molar-refractivity contribution in [3.8, 4) is 0 Å². The van der Waals surface area contributed by atoms with Crippen molar-refractivity contribution >= 4 is 28.3 Å². The van der Waals surface area contributed by atoms with Crippen molar-refractivity contribution < 1.29 is 4.74 Å². The predicted molar refractivity (Wildman–Crippen MR) is 51.4 cm³/mol. The smallest absolute Gasteiger partial charge is 0.381 e. The van der Waals surface area contributed by atoms with Crippen LogP contribution < -0.4 is 0 Å². The summed E-state index contributed by atoms with van der Waals surface area (Å²) in [6.45, 7) is 4.20. The van der Waals surface area contributed by atoms with Crippen LogP contribution >= 0.6 is 9.07 Å². The molecule has 0 radical (unpaired) electrons. The molecule has 0 bridgehead atoms. The van der Waals surface area contributed by atoms with Gasteiger partial charge in [0, 0.05) is 13.2 Å². The molecule has 0 amide bonds. The van der Waals surface area contributed by atoms with Crippen molar-refractivity contribution in [3.05, 3.63) is 0 Å². The van der Waals surface area contributed by atoms with Gasteiger partial charge in [-0.05, 0) is 12.8 Å². The number of rotatable bonds is 3. The van der Waals surface area contributed by atoms with Gasteiger partial charge in [0.15, 0.2) is 0 Å². The van der Waals surface area contributed by atoms with Gasteiger partial charge in [-0.3, -0.25) is 0 Å². The van der Waals surface area contributed by atoms with E-state index in [9.17, 15) is 0 Å². The molecule has 64 valence electrons. The number of unbranched alkanes of at least 4 members (excludes halogenated alkanes) is 1. The van der Waals surface area contributed by atoms with Gasteiger partial charge in [0.05, 0.1) is 0 Å². The largest absolute Gasteiger partial charge is 0.501 e. The normalized spacial score (nSPS) is 15.1. The molecule has 0 spiro atoms. The van der Waals surface area contributed by atoms with Crippen LogP contribution in [0.5, 0.6) is 0 Å². The van der Waals surface area contributed by atoms with Crippen LogP contribution in [0.1, 0.15) is 32.6 Å². The zero-order valence-electron chi connectivity index (χ0n) is 7.44. The van der Waals surface area contributed by atoms with Gasteiger partial charge in [-0.25, -0.2) is 0 Å². The van der Waals surface area contributed by atoms with Crippen LogP contribution in [0.2, 0.25) is 4.55 Å². The Morgan fingerprint density at radius 2 is 2.00 bits per heavy atom. The first-order valence-electron chi connectivity index (χ1n) is 4.55. The maximum absolute atomic E-state index is 5.52. The van der Waals surface area contributed by atoms with Gasteiger partial charge in [-0.15, -0.1) is 4.55 Å². The van der Waals surface area contributed by atoms with E-state index in [1.54, 1.807) is 0 Å². The molecule has 0 aromatic rings. The van der Waals surface area contributed by atoms with Gasteiger partial charge < -0.3 is 13.8 Å². The van der Waals surface area contributed by atoms with Gasteiger partial charge in [0.2, 0.25) is 0 Å². The first kappa shape index (κ1) is 12.0. The first-order chi connectivity index (χ1) is 5.41. The minimum atomic E-state index is -0.125. The molecule has 1 aliphatic heterocycles. The Balaban J connectivity index is 0.000000183. The van der Waals surface area contributed by atoms with Crippen molar-refractivity contribution in [2.24, 2.45) is 0 Å². The van der Waals surface area contributed by atoms with E-state index in [0.717, 1.165) is 13.2 Å². The van der Waals surface area contributed by atoms with E-state index in [0.29, 0.717) is 0 Å².